The lowest BCUT2D eigenvalue weighted by Gasteiger charge is -2.34. The number of carbonyl (C=O) groups excluding carboxylic acids is 1. The molecule has 3 rings (SSSR count). The van der Waals surface area contributed by atoms with Gasteiger partial charge in [-0.1, -0.05) is 0 Å². The largest absolute Gasteiger partial charge is 0.339 e. The number of nitrogens with zero attached hydrogens (tertiary/aromatic N) is 5. The van der Waals surface area contributed by atoms with Crippen LogP contribution >= 0.6 is 11.3 Å². The van der Waals surface area contributed by atoms with Crippen LogP contribution in [0.1, 0.15) is 17.0 Å². The van der Waals surface area contributed by atoms with Crippen molar-refractivity contribution in [2.24, 2.45) is 0 Å². The number of H-pyrrole nitrogens is 1. The van der Waals surface area contributed by atoms with Gasteiger partial charge >= 0.3 is 0 Å². The van der Waals surface area contributed by atoms with Crippen LogP contribution < -0.4 is 4.90 Å². The second kappa shape index (κ2) is 6.21. The number of aromatic amines is 1. The van der Waals surface area contributed by atoms with Gasteiger partial charge in [0.25, 0.3) is 0 Å². The lowest BCUT2D eigenvalue weighted by molar-refractivity contribution is -0.131. The Morgan fingerprint density at radius 3 is 2.76 bits per heavy atom. The van der Waals surface area contributed by atoms with Gasteiger partial charge in [0.2, 0.25) is 11.9 Å². The number of nitrogens with one attached hydrogen (secondary N) is 1. The van der Waals surface area contributed by atoms with Crippen molar-refractivity contribution < 1.29 is 4.79 Å². The lowest BCUT2D eigenvalue weighted by atomic mass is 10.2. The number of thiazole rings is 1. The molecule has 7 nitrogen and oxygen atoms in total. The molecule has 1 N–H and O–H groups in total. The van der Waals surface area contributed by atoms with Gasteiger partial charge in [0, 0.05) is 37.5 Å². The van der Waals surface area contributed by atoms with Gasteiger partial charge < -0.3 is 9.80 Å². The Hall–Kier alpha value is -1.96. The summed E-state index contributed by atoms with van der Waals surface area (Å²) in [6, 6.07) is 0. The molecule has 2 aromatic heterocycles. The Bertz CT molecular complexity index is 588. The number of anilines is 1. The zero-order valence-corrected chi connectivity index (χ0v) is 12.8. The van der Waals surface area contributed by atoms with Crippen molar-refractivity contribution in [3.63, 3.8) is 0 Å². The van der Waals surface area contributed by atoms with Gasteiger partial charge in [-0.05, 0) is 13.3 Å². The predicted octanol–water partition coefficient (Wildman–Crippen LogP) is 0.851. The SMILES string of the molecule is Cc1ncsc1CCC(=O)N1CCN(c2ncn[nH]2)CC1. The van der Waals surface area contributed by atoms with Gasteiger partial charge in [-0.3, -0.25) is 4.79 Å². The average molecular weight is 306 g/mol. The fraction of sp³-hybridized carbons (Fsp3) is 0.538. The Morgan fingerprint density at radius 1 is 1.33 bits per heavy atom. The molecular formula is C13H18N6OS. The maximum absolute atomic E-state index is 12.3. The first kappa shape index (κ1) is 14.0. The normalized spacial score (nSPS) is 15.5. The third-order valence-corrected chi connectivity index (χ3v) is 4.74. The first-order valence-electron chi connectivity index (χ1n) is 7.01. The van der Waals surface area contributed by atoms with Crippen molar-refractivity contribution in [1.82, 2.24) is 25.1 Å². The van der Waals surface area contributed by atoms with E-state index in [1.54, 1.807) is 11.3 Å². The standard InChI is InChI=1S/C13H18N6OS/c1-10-11(21-9-15-10)2-3-12(20)18-4-6-19(7-5-18)13-14-8-16-17-13/h8-9H,2-7H2,1H3,(H,14,16,17). The van der Waals surface area contributed by atoms with Crippen molar-refractivity contribution in [2.45, 2.75) is 19.8 Å². The summed E-state index contributed by atoms with van der Waals surface area (Å²) in [5.74, 6) is 1.00. The lowest BCUT2D eigenvalue weighted by Crippen LogP contribution is -2.49. The molecule has 0 aliphatic carbocycles. The molecule has 0 spiro atoms. The Kier molecular flexibility index (Phi) is 4.14. The van der Waals surface area contributed by atoms with Gasteiger partial charge in [0.05, 0.1) is 11.2 Å². The van der Waals surface area contributed by atoms with Crippen LogP contribution in [-0.4, -0.2) is 57.2 Å². The zero-order chi connectivity index (χ0) is 14.7. The van der Waals surface area contributed by atoms with Crippen LogP contribution in [-0.2, 0) is 11.2 Å². The number of hydrogen-bond acceptors (Lipinski definition) is 6. The molecule has 0 radical (unpaired) electrons. The quantitative estimate of drug-likeness (QED) is 0.906. The minimum Gasteiger partial charge on any atom is -0.339 e. The second-order valence-corrected chi connectivity index (χ2v) is 5.98. The molecular weight excluding hydrogens is 288 g/mol. The van der Waals surface area contributed by atoms with E-state index in [1.165, 1.54) is 11.2 Å². The van der Waals surface area contributed by atoms with Crippen LogP contribution in [0.3, 0.4) is 0 Å². The molecule has 0 bridgehead atoms. The molecule has 3 heterocycles. The molecule has 112 valence electrons. The predicted molar refractivity (Wildman–Crippen MR) is 80.3 cm³/mol. The van der Waals surface area contributed by atoms with E-state index in [4.69, 9.17) is 0 Å². The fourth-order valence-corrected chi connectivity index (χ4v) is 3.24. The molecule has 1 aliphatic rings. The first-order valence-corrected chi connectivity index (χ1v) is 7.89. The number of aryl methyl sites for hydroxylation is 2. The molecule has 2 aromatic rings. The highest BCUT2D eigenvalue weighted by atomic mass is 32.1. The number of amides is 1. The van der Waals surface area contributed by atoms with Gasteiger partial charge in [-0.2, -0.15) is 10.1 Å². The molecule has 1 fully saturated rings. The van der Waals surface area contributed by atoms with E-state index in [-0.39, 0.29) is 5.91 Å². The minimum atomic E-state index is 0.222. The molecule has 0 aromatic carbocycles. The Labute approximate surface area is 127 Å². The number of piperazine rings is 1. The Balaban J connectivity index is 1.48. The average Bonchev–Trinajstić information content (AvgIpc) is 3.17. The highest BCUT2D eigenvalue weighted by Gasteiger charge is 2.22. The summed E-state index contributed by atoms with van der Waals surface area (Å²) >= 11 is 1.63. The van der Waals surface area contributed by atoms with Crippen molar-refractivity contribution >= 4 is 23.2 Å². The Morgan fingerprint density at radius 2 is 2.14 bits per heavy atom. The minimum absolute atomic E-state index is 0.222. The summed E-state index contributed by atoms with van der Waals surface area (Å²) in [6.07, 6.45) is 2.85. The van der Waals surface area contributed by atoms with Gasteiger partial charge in [-0.15, -0.1) is 11.3 Å². The highest BCUT2D eigenvalue weighted by Crippen LogP contribution is 2.16. The first-order chi connectivity index (χ1) is 10.2. The summed E-state index contributed by atoms with van der Waals surface area (Å²) in [4.78, 5) is 25.9. The molecule has 0 unspecified atom stereocenters. The molecule has 8 heteroatoms. The van der Waals surface area contributed by atoms with E-state index in [1.807, 2.05) is 17.3 Å². The van der Waals surface area contributed by atoms with E-state index < -0.39 is 0 Å². The number of rotatable bonds is 4. The van der Waals surface area contributed by atoms with Crippen LogP contribution in [0.2, 0.25) is 0 Å². The van der Waals surface area contributed by atoms with Crippen molar-refractivity contribution in [1.29, 1.82) is 0 Å². The van der Waals surface area contributed by atoms with E-state index in [0.29, 0.717) is 6.42 Å². The molecule has 1 amide bonds. The second-order valence-electron chi connectivity index (χ2n) is 5.04. The molecule has 0 atom stereocenters. The summed E-state index contributed by atoms with van der Waals surface area (Å²) in [5, 5.41) is 6.71. The smallest absolute Gasteiger partial charge is 0.223 e. The number of hydrogen-bond donors (Lipinski definition) is 1. The molecule has 0 saturated carbocycles. The van der Waals surface area contributed by atoms with Crippen LogP contribution in [0.25, 0.3) is 0 Å². The van der Waals surface area contributed by atoms with Gasteiger partial charge in [0.15, 0.2) is 0 Å². The van der Waals surface area contributed by atoms with E-state index in [0.717, 1.165) is 44.2 Å². The van der Waals surface area contributed by atoms with Crippen LogP contribution in [0.15, 0.2) is 11.8 Å². The highest BCUT2D eigenvalue weighted by molar-refractivity contribution is 7.09. The number of carbonyl (C=O) groups is 1. The van der Waals surface area contributed by atoms with E-state index in [9.17, 15) is 4.79 Å². The topological polar surface area (TPSA) is 78.0 Å². The number of aromatic nitrogens is 4. The summed E-state index contributed by atoms with van der Waals surface area (Å²) in [6.45, 7) is 5.05. The van der Waals surface area contributed by atoms with Crippen molar-refractivity contribution in [3.8, 4) is 0 Å². The summed E-state index contributed by atoms with van der Waals surface area (Å²) < 4.78 is 0. The van der Waals surface area contributed by atoms with Crippen LogP contribution in [0, 0.1) is 6.92 Å². The fourth-order valence-electron chi connectivity index (χ4n) is 2.46. The van der Waals surface area contributed by atoms with Crippen molar-refractivity contribution in [2.75, 3.05) is 31.1 Å². The van der Waals surface area contributed by atoms with E-state index >= 15 is 0 Å². The third-order valence-electron chi connectivity index (χ3n) is 3.74. The third kappa shape index (κ3) is 3.21. The van der Waals surface area contributed by atoms with Crippen LogP contribution in [0.4, 0.5) is 5.95 Å². The van der Waals surface area contributed by atoms with Gasteiger partial charge in [-0.25, -0.2) is 10.1 Å². The van der Waals surface area contributed by atoms with E-state index in [2.05, 4.69) is 25.1 Å². The summed E-state index contributed by atoms with van der Waals surface area (Å²) in [7, 11) is 0. The maximum Gasteiger partial charge on any atom is 0.223 e. The molecule has 21 heavy (non-hydrogen) atoms. The molecule has 1 aliphatic heterocycles. The van der Waals surface area contributed by atoms with Gasteiger partial charge in [0.1, 0.15) is 6.33 Å². The summed E-state index contributed by atoms with van der Waals surface area (Å²) in [5.41, 5.74) is 2.88. The van der Waals surface area contributed by atoms with Crippen molar-refractivity contribution in [3.05, 3.63) is 22.4 Å². The van der Waals surface area contributed by atoms with Crippen LogP contribution in [0.5, 0.6) is 0 Å². The molecule has 1 saturated heterocycles. The maximum atomic E-state index is 12.3. The monoisotopic (exact) mass is 306 g/mol. The zero-order valence-electron chi connectivity index (χ0n) is 11.9.